The molecule has 2 N–H and O–H groups in total. The molecule has 2 aromatic carbocycles. The number of para-hydroxylation sites is 1. The van der Waals surface area contributed by atoms with Gasteiger partial charge in [0.1, 0.15) is 10.6 Å². The first-order valence-corrected chi connectivity index (χ1v) is 10.6. The minimum atomic E-state index is -3.67. The summed E-state index contributed by atoms with van der Waals surface area (Å²) in [5.74, 6) is 0.377. The van der Waals surface area contributed by atoms with E-state index in [0.717, 1.165) is 34.9 Å². The zero-order valence-corrected chi connectivity index (χ0v) is 16.6. The minimum absolute atomic E-state index is 0.139. The molecular formula is C21H24N2O3S. The fourth-order valence-corrected chi connectivity index (χ4v) is 5.01. The molecule has 0 aliphatic heterocycles. The van der Waals surface area contributed by atoms with Gasteiger partial charge in [-0.05, 0) is 61.6 Å². The summed E-state index contributed by atoms with van der Waals surface area (Å²) in [5.41, 5.74) is 4.06. The van der Waals surface area contributed by atoms with Gasteiger partial charge in [-0.15, -0.1) is 0 Å². The lowest BCUT2D eigenvalue weighted by atomic mass is 9.96. The van der Waals surface area contributed by atoms with E-state index in [1.165, 1.54) is 12.7 Å². The molecule has 6 heteroatoms. The molecule has 0 amide bonds. The van der Waals surface area contributed by atoms with Gasteiger partial charge in [-0.25, -0.2) is 13.1 Å². The summed E-state index contributed by atoms with van der Waals surface area (Å²) in [4.78, 5) is 3.49. The van der Waals surface area contributed by atoms with Crippen molar-refractivity contribution in [1.82, 2.24) is 9.71 Å². The highest BCUT2D eigenvalue weighted by atomic mass is 32.2. The number of aromatic amines is 1. The Morgan fingerprint density at radius 3 is 2.56 bits per heavy atom. The van der Waals surface area contributed by atoms with Crippen molar-refractivity contribution in [2.45, 2.75) is 37.0 Å². The van der Waals surface area contributed by atoms with Crippen molar-refractivity contribution in [3.8, 4) is 5.75 Å². The van der Waals surface area contributed by atoms with Crippen molar-refractivity contribution >= 4 is 20.9 Å². The number of rotatable bonds is 6. The van der Waals surface area contributed by atoms with Gasteiger partial charge in [-0.2, -0.15) is 0 Å². The third-order valence-corrected chi connectivity index (χ3v) is 7.11. The zero-order valence-electron chi connectivity index (χ0n) is 15.8. The van der Waals surface area contributed by atoms with Crippen molar-refractivity contribution in [3.05, 3.63) is 59.3 Å². The Balaban J connectivity index is 1.62. The van der Waals surface area contributed by atoms with Gasteiger partial charge in [0.2, 0.25) is 10.0 Å². The van der Waals surface area contributed by atoms with Gasteiger partial charge in [0.15, 0.2) is 0 Å². The summed E-state index contributed by atoms with van der Waals surface area (Å²) in [7, 11) is -2.17. The number of ether oxygens (including phenoxy) is 1. The van der Waals surface area contributed by atoms with Crippen LogP contribution in [-0.4, -0.2) is 27.1 Å². The first-order valence-electron chi connectivity index (χ1n) is 9.08. The van der Waals surface area contributed by atoms with E-state index in [-0.39, 0.29) is 10.3 Å². The predicted octanol–water partition coefficient (Wildman–Crippen LogP) is 3.80. The van der Waals surface area contributed by atoms with Gasteiger partial charge in [0.05, 0.1) is 7.11 Å². The molecule has 0 bridgehead atoms. The number of H-pyrrole nitrogens is 1. The number of fused-ring (bicyclic) bond motifs is 1. The number of benzene rings is 2. The molecule has 1 aliphatic carbocycles. The normalized spacial score (nSPS) is 15.8. The van der Waals surface area contributed by atoms with E-state index < -0.39 is 10.0 Å². The van der Waals surface area contributed by atoms with Crippen LogP contribution in [0.5, 0.6) is 5.75 Å². The van der Waals surface area contributed by atoms with Gasteiger partial charge in [0, 0.05) is 29.1 Å². The lowest BCUT2D eigenvalue weighted by Gasteiger charge is -2.18. The van der Waals surface area contributed by atoms with Gasteiger partial charge < -0.3 is 9.72 Å². The average molecular weight is 385 g/mol. The van der Waals surface area contributed by atoms with Crippen LogP contribution in [0.2, 0.25) is 0 Å². The number of methoxy groups -OCH3 is 1. The van der Waals surface area contributed by atoms with E-state index >= 15 is 0 Å². The fourth-order valence-electron chi connectivity index (χ4n) is 3.65. The summed E-state index contributed by atoms with van der Waals surface area (Å²) in [5, 5.41) is 1.16. The first kappa shape index (κ1) is 18.1. The molecule has 4 rings (SSSR count). The molecule has 142 valence electrons. The third kappa shape index (κ3) is 3.13. The Bertz CT molecular complexity index is 1110. The maximum absolute atomic E-state index is 13.0. The molecule has 0 atom stereocenters. The minimum Gasteiger partial charge on any atom is -0.495 e. The summed E-state index contributed by atoms with van der Waals surface area (Å²) < 4.78 is 34.1. The second-order valence-corrected chi connectivity index (χ2v) is 9.18. The molecule has 3 aromatic rings. The number of aromatic nitrogens is 1. The Morgan fingerprint density at radius 1 is 1.15 bits per heavy atom. The number of hydrogen-bond acceptors (Lipinski definition) is 3. The van der Waals surface area contributed by atoms with Gasteiger partial charge >= 0.3 is 0 Å². The molecule has 0 radical (unpaired) electrons. The quantitative estimate of drug-likeness (QED) is 0.679. The smallest absolute Gasteiger partial charge is 0.244 e. The van der Waals surface area contributed by atoms with Crippen LogP contribution in [0.15, 0.2) is 47.5 Å². The Labute approximate surface area is 159 Å². The highest BCUT2D eigenvalue weighted by molar-refractivity contribution is 7.89. The predicted molar refractivity (Wildman–Crippen MR) is 107 cm³/mol. The van der Waals surface area contributed by atoms with E-state index in [1.54, 1.807) is 12.1 Å². The molecule has 1 fully saturated rings. The standard InChI is InChI=1S/C21H24N2O3S/c1-14-10-19(26-3)20(11-15(14)2)27(24,25)23-13-21(8-9-21)17-12-22-18-7-5-4-6-16(17)18/h4-7,10-12,22-23H,8-9,13H2,1-3H3. The fraction of sp³-hybridized carbons (Fsp3) is 0.333. The van der Waals surface area contributed by atoms with Crippen LogP contribution in [0.25, 0.3) is 10.9 Å². The average Bonchev–Trinajstić information content (AvgIpc) is 3.32. The molecule has 27 heavy (non-hydrogen) atoms. The maximum atomic E-state index is 13.0. The molecule has 1 aliphatic rings. The summed E-state index contributed by atoms with van der Waals surface area (Å²) in [6.07, 6.45) is 3.96. The van der Waals surface area contributed by atoms with E-state index in [2.05, 4.69) is 15.8 Å². The van der Waals surface area contributed by atoms with Gasteiger partial charge in [0.25, 0.3) is 0 Å². The molecular weight excluding hydrogens is 360 g/mol. The van der Waals surface area contributed by atoms with Crippen LogP contribution < -0.4 is 9.46 Å². The lowest BCUT2D eigenvalue weighted by Crippen LogP contribution is -2.32. The van der Waals surface area contributed by atoms with Gasteiger partial charge in [-0.1, -0.05) is 18.2 Å². The van der Waals surface area contributed by atoms with Crippen LogP contribution in [0.1, 0.15) is 29.5 Å². The molecule has 0 spiro atoms. The summed E-state index contributed by atoms with van der Waals surface area (Å²) in [6, 6.07) is 11.6. The van der Waals surface area contributed by atoms with Crippen LogP contribution in [-0.2, 0) is 15.4 Å². The topological polar surface area (TPSA) is 71.2 Å². The lowest BCUT2D eigenvalue weighted by molar-refractivity contribution is 0.401. The van der Waals surface area contributed by atoms with Crippen LogP contribution in [0.3, 0.4) is 0 Å². The first-order chi connectivity index (χ1) is 12.9. The van der Waals surface area contributed by atoms with Gasteiger partial charge in [-0.3, -0.25) is 0 Å². The monoisotopic (exact) mass is 384 g/mol. The van der Waals surface area contributed by atoms with Crippen molar-refractivity contribution in [2.75, 3.05) is 13.7 Å². The number of aryl methyl sites for hydroxylation is 2. The summed E-state index contributed by atoms with van der Waals surface area (Å²) in [6.45, 7) is 4.23. The van der Waals surface area contributed by atoms with E-state index in [1.807, 2.05) is 38.2 Å². The van der Waals surface area contributed by atoms with E-state index in [0.29, 0.717) is 12.3 Å². The SMILES string of the molecule is COc1cc(C)c(C)cc1S(=O)(=O)NCC1(c2c[nH]c3ccccc23)CC1. The second kappa shape index (κ2) is 6.39. The number of nitrogens with one attached hydrogen (secondary N) is 2. The molecule has 0 saturated heterocycles. The highest BCUT2D eigenvalue weighted by Crippen LogP contribution is 2.50. The second-order valence-electron chi connectivity index (χ2n) is 7.44. The number of hydrogen-bond donors (Lipinski definition) is 2. The van der Waals surface area contributed by atoms with Crippen LogP contribution in [0, 0.1) is 13.8 Å². The Kier molecular flexibility index (Phi) is 4.28. The largest absolute Gasteiger partial charge is 0.495 e. The summed E-state index contributed by atoms with van der Waals surface area (Å²) >= 11 is 0. The molecule has 1 heterocycles. The highest BCUT2D eigenvalue weighted by Gasteiger charge is 2.46. The van der Waals surface area contributed by atoms with Crippen LogP contribution >= 0.6 is 0 Å². The van der Waals surface area contributed by atoms with Crippen molar-refractivity contribution in [2.24, 2.45) is 0 Å². The van der Waals surface area contributed by atoms with Crippen molar-refractivity contribution < 1.29 is 13.2 Å². The van der Waals surface area contributed by atoms with Crippen LogP contribution in [0.4, 0.5) is 0 Å². The molecule has 0 unspecified atom stereocenters. The van der Waals surface area contributed by atoms with Crippen molar-refractivity contribution in [1.29, 1.82) is 0 Å². The molecule has 1 aromatic heterocycles. The molecule has 5 nitrogen and oxygen atoms in total. The van der Waals surface area contributed by atoms with Crippen molar-refractivity contribution in [3.63, 3.8) is 0 Å². The number of sulfonamides is 1. The van der Waals surface area contributed by atoms with E-state index in [9.17, 15) is 8.42 Å². The maximum Gasteiger partial charge on any atom is 0.244 e. The Morgan fingerprint density at radius 2 is 1.85 bits per heavy atom. The Hall–Kier alpha value is -2.31. The molecule has 1 saturated carbocycles. The third-order valence-electron chi connectivity index (χ3n) is 5.68. The zero-order chi connectivity index (χ0) is 19.2. The van der Waals surface area contributed by atoms with E-state index in [4.69, 9.17) is 4.74 Å².